The summed E-state index contributed by atoms with van der Waals surface area (Å²) in [6.45, 7) is 0.655. The topological polar surface area (TPSA) is 88.2 Å². The molecule has 2 aromatic rings. The summed E-state index contributed by atoms with van der Waals surface area (Å²) in [5.41, 5.74) is 1.31. The van der Waals surface area contributed by atoms with Crippen molar-refractivity contribution in [1.29, 1.82) is 0 Å². The second-order valence-electron chi connectivity index (χ2n) is 6.77. The Morgan fingerprint density at radius 1 is 1.07 bits per heavy atom. The van der Waals surface area contributed by atoms with E-state index >= 15 is 0 Å². The number of nitrogens with one attached hydrogen (secondary N) is 1. The molecule has 0 spiro atoms. The van der Waals surface area contributed by atoms with E-state index in [1.165, 1.54) is 15.7 Å². The number of carbonyl (C=O) groups excluding carboxylic acids is 1. The first kappa shape index (κ1) is 22.4. The van der Waals surface area contributed by atoms with Crippen molar-refractivity contribution in [2.24, 2.45) is 0 Å². The van der Waals surface area contributed by atoms with E-state index in [0.717, 1.165) is 5.56 Å². The van der Waals surface area contributed by atoms with Gasteiger partial charge in [-0.05, 0) is 42.3 Å². The Bertz CT molecular complexity index is 998. The summed E-state index contributed by atoms with van der Waals surface area (Å²) in [5, 5.41) is 3.03. The van der Waals surface area contributed by atoms with E-state index < -0.39 is 16.1 Å². The van der Waals surface area contributed by atoms with Crippen LogP contribution in [0.25, 0.3) is 0 Å². The predicted molar refractivity (Wildman–Crippen MR) is 115 cm³/mol. The fraction of sp³-hybridized carbons (Fsp3) is 0.350. The third kappa shape index (κ3) is 5.23. The van der Waals surface area contributed by atoms with Gasteiger partial charge in [0.2, 0.25) is 5.91 Å². The molecule has 1 fully saturated rings. The van der Waals surface area contributed by atoms with E-state index in [2.05, 4.69) is 5.32 Å². The molecule has 0 unspecified atom stereocenters. The first-order chi connectivity index (χ1) is 14.3. The average Bonchev–Trinajstić information content (AvgIpc) is 2.72. The van der Waals surface area contributed by atoms with Gasteiger partial charge in [0, 0.05) is 25.3 Å². The van der Waals surface area contributed by atoms with E-state index in [0.29, 0.717) is 35.2 Å². The number of halogens is 1. The van der Waals surface area contributed by atoms with Gasteiger partial charge in [0.15, 0.2) is 0 Å². The second-order valence-corrected chi connectivity index (χ2v) is 9.11. The van der Waals surface area contributed by atoms with Crippen molar-refractivity contribution in [3.8, 4) is 11.5 Å². The van der Waals surface area contributed by atoms with Crippen LogP contribution in [0.15, 0.2) is 42.5 Å². The third-order valence-corrected chi connectivity index (χ3v) is 6.96. The highest BCUT2D eigenvalue weighted by Crippen LogP contribution is 2.27. The highest BCUT2D eigenvalue weighted by atomic mass is 35.5. The number of rotatable bonds is 7. The Morgan fingerprint density at radius 3 is 2.40 bits per heavy atom. The van der Waals surface area contributed by atoms with Crippen LogP contribution >= 0.6 is 11.6 Å². The molecule has 1 saturated heterocycles. The molecule has 30 heavy (non-hydrogen) atoms. The van der Waals surface area contributed by atoms with Crippen LogP contribution in [-0.2, 0) is 21.5 Å². The third-order valence-electron chi connectivity index (χ3n) is 4.74. The average molecular weight is 454 g/mol. The number of nitrogens with zero attached hydrogens (tertiary/aromatic N) is 2. The van der Waals surface area contributed by atoms with Gasteiger partial charge in [0.05, 0.1) is 25.8 Å². The van der Waals surface area contributed by atoms with Crippen molar-refractivity contribution < 1.29 is 22.7 Å². The second kappa shape index (κ2) is 9.65. The summed E-state index contributed by atoms with van der Waals surface area (Å²) in [4.78, 5) is 12.4. The van der Waals surface area contributed by atoms with Crippen molar-refractivity contribution in [3.05, 3.63) is 53.1 Å². The number of ether oxygens (including phenoxy) is 2. The lowest BCUT2D eigenvalue weighted by molar-refractivity contribution is -0.116. The number of benzene rings is 2. The van der Waals surface area contributed by atoms with E-state index in [4.69, 9.17) is 21.1 Å². The van der Waals surface area contributed by atoms with Crippen molar-refractivity contribution >= 4 is 33.4 Å². The molecule has 0 saturated carbocycles. The van der Waals surface area contributed by atoms with Gasteiger partial charge in [-0.1, -0.05) is 23.7 Å². The molecule has 10 heteroatoms. The molecule has 0 atom stereocenters. The molecule has 0 aromatic heterocycles. The van der Waals surface area contributed by atoms with Gasteiger partial charge in [-0.2, -0.15) is 17.0 Å². The van der Waals surface area contributed by atoms with E-state index in [-0.39, 0.29) is 19.6 Å². The minimum absolute atomic E-state index is 0.235. The fourth-order valence-corrected chi connectivity index (χ4v) is 5.07. The minimum atomic E-state index is -3.76. The molecule has 3 rings (SSSR count). The SMILES string of the molecule is COc1ccc(CN2CCCN(CC(=O)Nc3ccc(OC)c(Cl)c3)S2(=O)=O)cc1. The van der Waals surface area contributed by atoms with E-state index in [1.807, 2.05) is 12.1 Å². The predicted octanol–water partition coefficient (Wildman–Crippen LogP) is 2.75. The Labute approximate surface area is 181 Å². The number of anilines is 1. The lowest BCUT2D eigenvalue weighted by Gasteiger charge is -2.34. The van der Waals surface area contributed by atoms with Crippen molar-refractivity contribution in [2.75, 3.05) is 39.2 Å². The summed E-state index contributed by atoms with van der Waals surface area (Å²) in [7, 11) is -0.681. The van der Waals surface area contributed by atoms with Crippen LogP contribution in [0.1, 0.15) is 12.0 Å². The van der Waals surface area contributed by atoms with Crippen LogP contribution in [0.4, 0.5) is 5.69 Å². The van der Waals surface area contributed by atoms with Crippen LogP contribution in [0.2, 0.25) is 5.02 Å². The van der Waals surface area contributed by atoms with Crippen molar-refractivity contribution in [2.45, 2.75) is 13.0 Å². The molecule has 2 aromatic carbocycles. The Morgan fingerprint density at radius 2 is 1.77 bits per heavy atom. The summed E-state index contributed by atoms with van der Waals surface area (Å²) in [6.07, 6.45) is 0.636. The van der Waals surface area contributed by atoms with Crippen molar-refractivity contribution in [3.63, 3.8) is 0 Å². The van der Waals surface area contributed by atoms with Gasteiger partial charge in [0.1, 0.15) is 11.5 Å². The van der Waals surface area contributed by atoms with Crippen LogP contribution < -0.4 is 14.8 Å². The Kier molecular flexibility index (Phi) is 7.19. The Balaban J connectivity index is 1.65. The molecular weight excluding hydrogens is 430 g/mol. The maximum atomic E-state index is 13.0. The molecular formula is C20H24ClN3O5S. The number of hydrogen-bond acceptors (Lipinski definition) is 5. The zero-order valence-corrected chi connectivity index (χ0v) is 18.4. The zero-order chi connectivity index (χ0) is 21.7. The largest absolute Gasteiger partial charge is 0.497 e. The highest BCUT2D eigenvalue weighted by Gasteiger charge is 2.34. The molecule has 0 radical (unpaired) electrons. The maximum absolute atomic E-state index is 13.0. The van der Waals surface area contributed by atoms with E-state index in [9.17, 15) is 13.2 Å². The lowest BCUT2D eigenvalue weighted by atomic mass is 10.2. The maximum Gasteiger partial charge on any atom is 0.282 e. The molecule has 1 amide bonds. The molecule has 0 bridgehead atoms. The van der Waals surface area contributed by atoms with Gasteiger partial charge >= 0.3 is 0 Å². The van der Waals surface area contributed by atoms with Gasteiger partial charge in [-0.15, -0.1) is 0 Å². The molecule has 8 nitrogen and oxygen atoms in total. The smallest absolute Gasteiger partial charge is 0.282 e. The first-order valence-corrected chi connectivity index (χ1v) is 11.1. The summed E-state index contributed by atoms with van der Waals surface area (Å²) < 4.78 is 38.7. The van der Waals surface area contributed by atoms with Gasteiger partial charge in [0.25, 0.3) is 10.2 Å². The highest BCUT2D eigenvalue weighted by molar-refractivity contribution is 7.86. The summed E-state index contributed by atoms with van der Waals surface area (Å²) >= 11 is 6.07. The van der Waals surface area contributed by atoms with Crippen molar-refractivity contribution in [1.82, 2.24) is 8.61 Å². The molecule has 1 aliphatic heterocycles. The molecule has 1 N–H and O–H groups in total. The standard InChI is InChI=1S/C20H24ClN3O5S/c1-28-17-7-4-15(5-8-17)13-23-10-3-11-24(30(23,26)27)14-20(25)22-16-6-9-19(29-2)18(21)12-16/h4-9,12H,3,10-11,13-14H2,1-2H3,(H,22,25). The first-order valence-electron chi connectivity index (χ1n) is 9.35. The number of methoxy groups -OCH3 is 2. The van der Waals surface area contributed by atoms with Crippen LogP contribution in [0.3, 0.4) is 0 Å². The molecule has 0 aliphatic carbocycles. The molecule has 162 valence electrons. The lowest BCUT2D eigenvalue weighted by Crippen LogP contribution is -2.51. The number of carbonyl (C=O) groups is 1. The number of amides is 1. The molecule has 1 heterocycles. The number of hydrogen-bond donors (Lipinski definition) is 1. The van der Waals surface area contributed by atoms with Gasteiger partial charge in [-0.25, -0.2) is 0 Å². The normalized spacial score (nSPS) is 16.8. The summed E-state index contributed by atoms with van der Waals surface area (Å²) in [5.74, 6) is 0.755. The van der Waals surface area contributed by atoms with Gasteiger partial charge in [-0.3, -0.25) is 4.79 Å². The van der Waals surface area contributed by atoms with Crippen LogP contribution in [0.5, 0.6) is 11.5 Å². The van der Waals surface area contributed by atoms with Crippen LogP contribution in [0, 0.1) is 0 Å². The fourth-order valence-electron chi connectivity index (χ4n) is 3.18. The quantitative estimate of drug-likeness (QED) is 0.696. The van der Waals surface area contributed by atoms with Crippen LogP contribution in [-0.4, -0.2) is 56.8 Å². The Hall–Kier alpha value is -2.33. The monoisotopic (exact) mass is 453 g/mol. The summed E-state index contributed by atoms with van der Waals surface area (Å²) in [6, 6.07) is 12.1. The molecule has 1 aliphatic rings. The minimum Gasteiger partial charge on any atom is -0.497 e. The van der Waals surface area contributed by atoms with E-state index in [1.54, 1.807) is 37.4 Å². The zero-order valence-electron chi connectivity index (χ0n) is 16.8. The van der Waals surface area contributed by atoms with Gasteiger partial charge < -0.3 is 14.8 Å².